The second kappa shape index (κ2) is 6.04. The third-order valence-electron chi connectivity index (χ3n) is 2.71. The first kappa shape index (κ1) is 13.8. The van der Waals surface area contributed by atoms with Crippen LogP contribution in [0.1, 0.15) is 28.9 Å². The van der Waals surface area contributed by atoms with Crippen molar-refractivity contribution >= 4 is 29.1 Å². The van der Waals surface area contributed by atoms with Crippen LogP contribution in [0.5, 0.6) is 0 Å². The van der Waals surface area contributed by atoms with Crippen LogP contribution in [0.15, 0.2) is 42.7 Å². The summed E-state index contributed by atoms with van der Waals surface area (Å²) in [7, 11) is 0. The standard InChI is InChI=1S/C14H12Cl2N2O/c1-9(10-3-2-6-17-8-10)18-14(19)12-7-11(15)4-5-13(12)16/h2-9H,1H3,(H,18,19). The molecule has 1 heterocycles. The van der Waals surface area contributed by atoms with Crippen molar-refractivity contribution in [3.63, 3.8) is 0 Å². The van der Waals surface area contributed by atoms with E-state index in [-0.39, 0.29) is 11.9 Å². The van der Waals surface area contributed by atoms with Gasteiger partial charge in [0.2, 0.25) is 0 Å². The number of hydrogen-bond acceptors (Lipinski definition) is 2. The Labute approximate surface area is 121 Å². The van der Waals surface area contributed by atoms with E-state index in [1.165, 1.54) is 0 Å². The summed E-state index contributed by atoms with van der Waals surface area (Å²) in [6, 6.07) is 8.37. The third kappa shape index (κ3) is 3.46. The summed E-state index contributed by atoms with van der Waals surface area (Å²) < 4.78 is 0. The van der Waals surface area contributed by atoms with E-state index in [0.717, 1.165) is 5.56 Å². The first-order chi connectivity index (χ1) is 9.08. The lowest BCUT2D eigenvalue weighted by molar-refractivity contribution is 0.0940. The Kier molecular flexibility index (Phi) is 4.40. The fourth-order valence-corrected chi connectivity index (χ4v) is 2.04. The van der Waals surface area contributed by atoms with Crippen LogP contribution in [0.2, 0.25) is 10.0 Å². The fraction of sp³-hybridized carbons (Fsp3) is 0.143. The van der Waals surface area contributed by atoms with Gasteiger partial charge in [-0.3, -0.25) is 9.78 Å². The predicted molar refractivity (Wildman–Crippen MR) is 76.6 cm³/mol. The molecular formula is C14H12Cl2N2O. The number of nitrogens with one attached hydrogen (secondary N) is 1. The van der Waals surface area contributed by atoms with Gasteiger partial charge in [0.1, 0.15) is 0 Å². The number of amides is 1. The van der Waals surface area contributed by atoms with Crippen LogP contribution in [0.3, 0.4) is 0 Å². The smallest absolute Gasteiger partial charge is 0.253 e. The maximum atomic E-state index is 12.1. The monoisotopic (exact) mass is 294 g/mol. The van der Waals surface area contributed by atoms with Crippen molar-refractivity contribution in [2.75, 3.05) is 0 Å². The molecule has 0 aliphatic heterocycles. The van der Waals surface area contributed by atoms with E-state index in [4.69, 9.17) is 23.2 Å². The Bertz CT molecular complexity index is 587. The van der Waals surface area contributed by atoms with Gasteiger partial charge in [-0.15, -0.1) is 0 Å². The Hall–Kier alpha value is -1.58. The number of pyridine rings is 1. The molecule has 1 aromatic carbocycles. The van der Waals surface area contributed by atoms with Gasteiger partial charge in [0.25, 0.3) is 5.91 Å². The lowest BCUT2D eigenvalue weighted by Crippen LogP contribution is -2.26. The highest BCUT2D eigenvalue weighted by atomic mass is 35.5. The average Bonchev–Trinajstić information content (AvgIpc) is 2.42. The molecule has 0 saturated carbocycles. The Morgan fingerprint density at radius 3 is 2.79 bits per heavy atom. The molecule has 0 bridgehead atoms. The SMILES string of the molecule is CC(NC(=O)c1cc(Cl)ccc1Cl)c1cccnc1. The minimum absolute atomic E-state index is 0.156. The molecule has 1 atom stereocenters. The van der Waals surface area contributed by atoms with E-state index in [9.17, 15) is 4.79 Å². The summed E-state index contributed by atoms with van der Waals surface area (Å²) in [5.74, 6) is -0.260. The molecule has 0 aliphatic carbocycles. The Balaban J connectivity index is 2.15. The van der Waals surface area contributed by atoms with E-state index in [1.54, 1.807) is 30.6 Å². The highest BCUT2D eigenvalue weighted by molar-refractivity contribution is 6.35. The van der Waals surface area contributed by atoms with Gasteiger partial charge in [-0.05, 0) is 36.8 Å². The molecular weight excluding hydrogens is 283 g/mol. The van der Waals surface area contributed by atoms with Crippen LogP contribution < -0.4 is 5.32 Å². The van der Waals surface area contributed by atoms with E-state index in [2.05, 4.69) is 10.3 Å². The number of benzene rings is 1. The normalized spacial score (nSPS) is 11.9. The van der Waals surface area contributed by atoms with Gasteiger partial charge in [0, 0.05) is 17.4 Å². The van der Waals surface area contributed by atoms with Crippen molar-refractivity contribution in [1.82, 2.24) is 10.3 Å². The van der Waals surface area contributed by atoms with Crippen molar-refractivity contribution in [1.29, 1.82) is 0 Å². The summed E-state index contributed by atoms with van der Waals surface area (Å²) in [5, 5.41) is 3.71. The topological polar surface area (TPSA) is 42.0 Å². The Morgan fingerprint density at radius 2 is 2.11 bits per heavy atom. The van der Waals surface area contributed by atoms with Crippen LogP contribution in [-0.4, -0.2) is 10.9 Å². The van der Waals surface area contributed by atoms with E-state index in [0.29, 0.717) is 15.6 Å². The van der Waals surface area contributed by atoms with Crippen LogP contribution in [-0.2, 0) is 0 Å². The number of carbonyl (C=O) groups is 1. The predicted octanol–water partition coefficient (Wildman–Crippen LogP) is 3.88. The minimum Gasteiger partial charge on any atom is -0.345 e. The first-order valence-corrected chi connectivity index (χ1v) is 6.49. The molecule has 0 fully saturated rings. The van der Waals surface area contributed by atoms with Gasteiger partial charge in [-0.2, -0.15) is 0 Å². The summed E-state index contributed by atoms with van der Waals surface area (Å²) in [4.78, 5) is 16.1. The van der Waals surface area contributed by atoms with Crippen LogP contribution in [0.4, 0.5) is 0 Å². The molecule has 0 spiro atoms. The number of aromatic nitrogens is 1. The van der Waals surface area contributed by atoms with Crippen molar-refractivity contribution in [2.24, 2.45) is 0 Å². The third-order valence-corrected chi connectivity index (χ3v) is 3.27. The molecule has 1 unspecified atom stereocenters. The molecule has 2 rings (SSSR count). The molecule has 1 amide bonds. The molecule has 0 aliphatic rings. The van der Waals surface area contributed by atoms with Crippen LogP contribution in [0, 0.1) is 0 Å². The summed E-state index contributed by atoms with van der Waals surface area (Å²) in [5.41, 5.74) is 1.29. The van der Waals surface area contributed by atoms with Gasteiger partial charge >= 0.3 is 0 Å². The highest BCUT2D eigenvalue weighted by Crippen LogP contribution is 2.21. The molecule has 3 nitrogen and oxygen atoms in total. The number of carbonyl (C=O) groups excluding carboxylic acids is 1. The fourth-order valence-electron chi connectivity index (χ4n) is 1.66. The zero-order chi connectivity index (χ0) is 13.8. The molecule has 1 N–H and O–H groups in total. The minimum atomic E-state index is -0.260. The number of nitrogens with zero attached hydrogens (tertiary/aromatic N) is 1. The van der Waals surface area contributed by atoms with Crippen molar-refractivity contribution in [3.05, 3.63) is 63.9 Å². The van der Waals surface area contributed by atoms with Gasteiger partial charge in [0.05, 0.1) is 16.6 Å². The molecule has 0 saturated heterocycles. The summed E-state index contributed by atoms with van der Waals surface area (Å²) >= 11 is 11.9. The van der Waals surface area contributed by atoms with Crippen LogP contribution in [0.25, 0.3) is 0 Å². The van der Waals surface area contributed by atoms with Gasteiger partial charge in [-0.1, -0.05) is 29.3 Å². The number of halogens is 2. The quantitative estimate of drug-likeness (QED) is 0.933. The van der Waals surface area contributed by atoms with Crippen LogP contribution >= 0.6 is 23.2 Å². The van der Waals surface area contributed by atoms with Gasteiger partial charge in [-0.25, -0.2) is 0 Å². The van der Waals surface area contributed by atoms with Crippen molar-refractivity contribution in [3.8, 4) is 0 Å². The van der Waals surface area contributed by atoms with Gasteiger partial charge < -0.3 is 5.32 Å². The van der Waals surface area contributed by atoms with E-state index in [1.807, 2.05) is 19.1 Å². The molecule has 19 heavy (non-hydrogen) atoms. The van der Waals surface area contributed by atoms with Crippen molar-refractivity contribution < 1.29 is 4.79 Å². The first-order valence-electron chi connectivity index (χ1n) is 5.74. The maximum absolute atomic E-state index is 12.1. The lowest BCUT2D eigenvalue weighted by Gasteiger charge is -2.14. The zero-order valence-electron chi connectivity index (χ0n) is 10.2. The van der Waals surface area contributed by atoms with E-state index < -0.39 is 0 Å². The van der Waals surface area contributed by atoms with Gasteiger partial charge in [0.15, 0.2) is 0 Å². The lowest BCUT2D eigenvalue weighted by atomic mass is 10.1. The largest absolute Gasteiger partial charge is 0.345 e. The summed E-state index contributed by atoms with van der Waals surface area (Å²) in [6.07, 6.45) is 3.40. The molecule has 1 aromatic heterocycles. The second-order valence-corrected chi connectivity index (χ2v) is 4.95. The van der Waals surface area contributed by atoms with E-state index >= 15 is 0 Å². The molecule has 0 radical (unpaired) electrons. The number of hydrogen-bond donors (Lipinski definition) is 1. The molecule has 5 heteroatoms. The second-order valence-electron chi connectivity index (χ2n) is 4.11. The summed E-state index contributed by atoms with van der Waals surface area (Å²) in [6.45, 7) is 1.88. The van der Waals surface area contributed by atoms with Crippen molar-refractivity contribution in [2.45, 2.75) is 13.0 Å². The maximum Gasteiger partial charge on any atom is 0.253 e. The average molecular weight is 295 g/mol. The molecule has 98 valence electrons. The Morgan fingerprint density at radius 1 is 1.32 bits per heavy atom. The molecule has 2 aromatic rings. The number of rotatable bonds is 3. The zero-order valence-corrected chi connectivity index (χ0v) is 11.7. The highest BCUT2D eigenvalue weighted by Gasteiger charge is 2.14.